The van der Waals surface area contributed by atoms with Crippen LogP contribution < -0.4 is 5.32 Å². The first-order chi connectivity index (χ1) is 9.71. The predicted molar refractivity (Wildman–Crippen MR) is 60.5 cm³/mol. The highest BCUT2D eigenvalue weighted by Crippen LogP contribution is 2.46. The third-order valence-electron chi connectivity index (χ3n) is 2.90. The van der Waals surface area contributed by atoms with Crippen molar-refractivity contribution in [3.05, 3.63) is 17.5 Å². The summed E-state index contributed by atoms with van der Waals surface area (Å²) in [5, 5.41) is 5.29. The molecule has 0 fully saturated rings. The number of aryl methyl sites for hydroxylation is 2. The standard InChI is InChI=1S/C11H12F7N3O/c1-5(7-4-21(3)20-6(7)2)19-8(22)9(12,13)10(14,15)11(16,17)18/h4-5H,1-3H3,(H,19,22)/t5-/m0/s1. The molecular weight excluding hydrogens is 323 g/mol. The van der Waals surface area contributed by atoms with Gasteiger partial charge in [0.25, 0.3) is 5.91 Å². The molecule has 11 heteroatoms. The highest BCUT2D eigenvalue weighted by Gasteiger charge is 2.76. The van der Waals surface area contributed by atoms with Gasteiger partial charge in [-0.25, -0.2) is 0 Å². The van der Waals surface area contributed by atoms with Crippen molar-refractivity contribution in [1.82, 2.24) is 15.1 Å². The molecule has 0 aromatic carbocycles. The number of carbonyl (C=O) groups excluding carboxylic acids is 1. The fourth-order valence-electron chi connectivity index (χ4n) is 1.73. The quantitative estimate of drug-likeness (QED) is 0.860. The number of amides is 1. The van der Waals surface area contributed by atoms with Crippen molar-refractivity contribution < 1.29 is 35.5 Å². The zero-order valence-corrected chi connectivity index (χ0v) is 11.6. The fourth-order valence-corrected chi connectivity index (χ4v) is 1.73. The Morgan fingerprint density at radius 2 is 1.73 bits per heavy atom. The molecule has 0 aliphatic heterocycles. The molecule has 1 N–H and O–H groups in total. The van der Waals surface area contributed by atoms with Crippen LogP contribution in [0.4, 0.5) is 30.7 Å². The molecule has 1 aromatic heterocycles. The van der Waals surface area contributed by atoms with Crippen LogP contribution in [0.2, 0.25) is 0 Å². The molecule has 0 saturated heterocycles. The van der Waals surface area contributed by atoms with E-state index >= 15 is 0 Å². The van der Waals surface area contributed by atoms with Crippen molar-refractivity contribution in [3.8, 4) is 0 Å². The Morgan fingerprint density at radius 1 is 1.23 bits per heavy atom. The molecule has 0 radical (unpaired) electrons. The van der Waals surface area contributed by atoms with Gasteiger partial charge >= 0.3 is 18.0 Å². The molecule has 0 saturated carbocycles. The minimum absolute atomic E-state index is 0.210. The van der Waals surface area contributed by atoms with Gasteiger partial charge in [0.2, 0.25) is 0 Å². The Bertz CT molecular complexity index is 565. The number of aromatic nitrogens is 2. The molecule has 1 aromatic rings. The Kier molecular flexibility index (Phi) is 4.50. The maximum absolute atomic E-state index is 13.2. The molecule has 1 atom stereocenters. The van der Waals surface area contributed by atoms with Crippen molar-refractivity contribution in [2.75, 3.05) is 0 Å². The van der Waals surface area contributed by atoms with E-state index in [1.54, 1.807) is 0 Å². The molecule has 22 heavy (non-hydrogen) atoms. The number of alkyl halides is 7. The van der Waals surface area contributed by atoms with E-state index < -0.39 is 30.0 Å². The monoisotopic (exact) mass is 335 g/mol. The summed E-state index contributed by atoms with van der Waals surface area (Å²) in [6.45, 7) is 2.62. The van der Waals surface area contributed by atoms with Crippen molar-refractivity contribution >= 4 is 5.91 Å². The smallest absolute Gasteiger partial charge is 0.344 e. The van der Waals surface area contributed by atoms with Gasteiger partial charge in [0.15, 0.2) is 0 Å². The van der Waals surface area contributed by atoms with Gasteiger partial charge in [0.1, 0.15) is 0 Å². The topological polar surface area (TPSA) is 46.9 Å². The number of nitrogens with zero attached hydrogens (tertiary/aromatic N) is 2. The van der Waals surface area contributed by atoms with Crippen LogP contribution in [-0.2, 0) is 11.8 Å². The molecule has 126 valence electrons. The number of rotatable bonds is 4. The van der Waals surface area contributed by atoms with Gasteiger partial charge in [-0.3, -0.25) is 9.48 Å². The van der Waals surface area contributed by atoms with E-state index in [0.717, 1.165) is 6.92 Å². The number of hydrogen-bond donors (Lipinski definition) is 1. The van der Waals surface area contributed by atoms with Crippen LogP contribution in [0, 0.1) is 6.92 Å². The largest absolute Gasteiger partial charge is 0.460 e. The van der Waals surface area contributed by atoms with E-state index in [0.29, 0.717) is 5.69 Å². The summed E-state index contributed by atoms with van der Waals surface area (Å²) in [6.07, 6.45) is -5.23. The highest BCUT2D eigenvalue weighted by atomic mass is 19.4. The molecule has 4 nitrogen and oxygen atoms in total. The summed E-state index contributed by atoms with van der Waals surface area (Å²) in [4.78, 5) is 11.2. The van der Waals surface area contributed by atoms with Gasteiger partial charge < -0.3 is 5.32 Å². The van der Waals surface area contributed by atoms with E-state index in [4.69, 9.17) is 0 Å². The zero-order chi connectivity index (χ0) is 17.5. The Hall–Kier alpha value is -1.81. The summed E-state index contributed by atoms with van der Waals surface area (Å²) in [7, 11) is 1.48. The van der Waals surface area contributed by atoms with Crippen molar-refractivity contribution in [2.24, 2.45) is 7.05 Å². The predicted octanol–water partition coefficient (Wildman–Crippen LogP) is 2.74. The Morgan fingerprint density at radius 3 is 2.09 bits per heavy atom. The third-order valence-corrected chi connectivity index (χ3v) is 2.90. The van der Waals surface area contributed by atoms with Crippen LogP contribution in [0.25, 0.3) is 0 Å². The normalized spacial score (nSPS) is 14.8. The van der Waals surface area contributed by atoms with Gasteiger partial charge in [-0.1, -0.05) is 0 Å². The third kappa shape index (κ3) is 3.02. The van der Waals surface area contributed by atoms with Crippen LogP contribution in [0.15, 0.2) is 6.20 Å². The highest BCUT2D eigenvalue weighted by molar-refractivity contribution is 5.85. The number of carbonyl (C=O) groups is 1. The average molecular weight is 335 g/mol. The summed E-state index contributed by atoms with van der Waals surface area (Å²) in [5.74, 6) is -15.1. The van der Waals surface area contributed by atoms with Crippen molar-refractivity contribution in [1.29, 1.82) is 0 Å². The second-order valence-electron chi connectivity index (χ2n) is 4.69. The summed E-state index contributed by atoms with van der Waals surface area (Å²) in [5.41, 5.74) is 0.517. The minimum Gasteiger partial charge on any atom is -0.344 e. The second kappa shape index (κ2) is 5.43. The minimum atomic E-state index is -6.55. The molecule has 0 aliphatic rings. The van der Waals surface area contributed by atoms with E-state index in [9.17, 15) is 35.5 Å². The molecule has 0 bridgehead atoms. The SMILES string of the molecule is Cc1nn(C)cc1[C@H](C)NC(=O)C(F)(F)C(F)(F)C(F)(F)F. The van der Waals surface area contributed by atoms with Crippen LogP contribution in [-0.4, -0.2) is 33.7 Å². The molecule has 0 aliphatic carbocycles. The lowest BCUT2D eigenvalue weighted by Crippen LogP contribution is -2.59. The molecular formula is C11H12F7N3O. The lowest BCUT2D eigenvalue weighted by atomic mass is 10.1. The molecule has 0 unspecified atom stereocenters. The maximum Gasteiger partial charge on any atom is 0.460 e. The van der Waals surface area contributed by atoms with Gasteiger partial charge in [-0.15, -0.1) is 0 Å². The Labute approximate surface area is 120 Å². The van der Waals surface area contributed by atoms with Crippen LogP contribution in [0.5, 0.6) is 0 Å². The maximum atomic E-state index is 13.2. The van der Waals surface area contributed by atoms with E-state index in [-0.39, 0.29) is 5.56 Å². The number of halogens is 7. The van der Waals surface area contributed by atoms with E-state index in [1.807, 2.05) is 0 Å². The van der Waals surface area contributed by atoms with Gasteiger partial charge in [-0.2, -0.15) is 35.8 Å². The number of hydrogen-bond acceptors (Lipinski definition) is 2. The average Bonchev–Trinajstić information content (AvgIpc) is 2.66. The molecule has 1 amide bonds. The van der Waals surface area contributed by atoms with Gasteiger partial charge in [0, 0.05) is 18.8 Å². The van der Waals surface area contributed by atoms with E-state index in [1.165, 1.54) is 30.2 Å². The Balaban J connectivity index is 2.99. The lowest BCUT2D eigenvalue weighted by Gasteiger charge is -2.28. The van der Waals surface area contributed by atoms with Gasteiger partial charge in [-0.05, 0) is 13.8 Å². The first-order valence-corrected chi connectivity index (χ1v) is 5.85. The van der Waals surface area contributed by atoms with Crippen LogP contribution in [0.1, 0.15) is 24.2 Å². The van der Waals surface area contributed by atoms with Crippen molar-refractivity contribution in [2.45, 2.75) is 37.9 Å². The summed E-state index contributed by atoms with van der Waals surface area (Å²) >= 11 is 0. The molecule has 1 rings (SSSR count). The molecule has 1 heterocycles. The fraction of sp³-hybridized carbons (Fsp3) is 0.636. The van der Waals surface area contributed by atoms with Gasteiger partial charge in [0.05, 0.1) is 11.7 Å². The van der Waals surface area contributed by atoms with Crippen molar-refractivity contribution in [3.63, 3.8) is 0 Å². The summed E-state index contributed by atoms with van der Waals surface area (Å²) in [6, 6.07) is -1.23. The van der Waals surface area contributed by atoms with E-state index in [2.05, 4.69) is 5.10 Å². The molecule has 0 spiro atoms. The lowest BCUT2D eigenvalue weighted by molar-refractivity contribution is -0.344. The summed E-state index contributed by atoms with van der Waals surface area (Å²) < 4.78 is 89.1. The zero-order valence-electron chi connectivity index (χ0n) is 11.6. The van der Waals surface area contributed by atoms with Crippen LogP contribution in [0.3, 0.4) is 0 Å². The first-order valence-electron chi connectivity index (χ1n) is 5.85. The van der Waals surface area contributed by atoms with Crippen LogP contribution >= 0.6 is 0 Å². The number of nitrogens with one attached hydrogen (secondary N) is 1. The first kappa shape index (κ1) is 18.2. The second-order valence-corrected chi connectivity index (χ2v) is 4.69.